The lowest BCUT2D eigenvalue weighted by atomic mass is 10.0. The lowest BCUT2D eigenvalue weighted by Crippen LogP contribution is -2.52. The molecule has 110 valence electrons. The number of carbonyl (C=O) groups is 2. The highest BCUT2D eigenvalue weighted by atomic mass is 16.5. The van der Waals surface area contributed by atoms with E-state index in [1.54, 1.807) is 31.2 Å². The van der Waals surface area contributed by atoms with E-state index in [9.17, 15) is 14.7 Å². The average Bonchev–Trinajstić information content (AvgIpc) is 2.40. The zero-order valence-electron chi connectivity index (χ0n) is 12.3. The second kappa shape index (κ2) is 6.41. The summed E-state index contributed by atoms with van der Waals surface area (Å²) in [4.78, 5) is 25.3. The van der Waals surface area contributed by atoms with Gasteiger partial charge in [-0.15, -0.1) is 0 Å². The maximum absolute atomic E-state index is 12.6. The van der Waals surface area contributed by atoms with Crippen LogP contribution in [0, 0.1) is 0 Å². The molecule has 0 aliphatic heterocycles. The molecule has 1 amide bonds. The summed E-state index contributed by atoms with van der Waals surface area (Å²) in [5.74, 6) is -0.912. The minimum absolute atomic E-state index is 0.304. The predicted molar refractivity (Wildman–Crippen MR) is 76.0 cm³/mol. The number of hydrogen-bond donors (Lipinski definition) is 1. The fourth-order valence-corrected chi connectivity index (χ4v) is 1.98. The molecule has 0 spiro atoms. The van der Waals surface area contributed by atoms with Crippen molar-refractivity contribution in [3.63, 3.8) is 0 Å². The smallest absolute Gasteiger partial charge is 0.329 e. The number of hydrogen-bond acceptors (Lipinski definition) is 3. The van der Waals surface area contributed by atoms with Crippen molar-refractivity contribution in [1.29, 1.82) is 0 Å². The molecular weight excluding hydrogens is 258 g/mol. The van der Waals surface area contributed by atoms with Crippen molar-refractivity contribution in [2.75, 3.05) is 13.2 Å². The fraction of sp³-hybridized carbons (Fsp3) is 0.467. The van der Waals surface area contributed by atoms with Crippen LogP contribution in [0.4, 0.5) is 0 Å². The molecule has 0 heterocycles. The summed E-state index contributed by atoms with van der Waals surface area (Å²) in [7, 11) is 0. The molecule has 0 saturated carbocycles. The number of carbonyl (C=O) groups excluding carboxylic acids is 1. The van der Waals surface area contributed by atoms with Crippen LogP contribution in [0.25, 0.3) is 0 Å². The van der Waals surface area contributed by atoms with Crippen molar-refractivity contribution in [2.45, 2.75) is 33.2 Å². The average molecular weight is 279 g/mol. The van der Waals surface area contributed by atoms with Gasteiger partial charge in [-0.2, -0.15) is 0 Å². The van der Waals surface area contributed by atoms with Gasteiger partial charge in [0.05, 0.1) is 12.2 Å². The van der Waals surface area contributed by atoms with Crippen LogP contribution in [0.3, 0.4) is 0 Å². The monoisotopic (exact) mass is 279 g/mol. The third-order valence-corrected chi connectivity index (χ3v) is 3.18. The Morgan fingerprint density at radius 2 is 1.85 bits per heavy atom. The van der Waals surface area contributed by atoms with Crippen molar-refractivity contribution in [1.82, 2.24) is 4.90 Å². The minimum atomic E-state index is -1.27. The molecule has 20 heavy (non-hydrogen) atoms. The molecule has 0 aliphatic rings. The first-order valence-electron chi connectivity index (χ1n) is 6.63. The molecule has 1 aromatic rings. The van der Waals surface area contributed by atoms with E-state index in [1.807, 2.05) is 6.92 Å². The molecule has 0 saturated heterocycles. The molecule has 5 heteroatoms. The lowest BCUT2D eigenvalue weighted by Gasteiger charge is -2.34. The molecule has 0 fully saturated rings. The summed E-state index contributed by atoms with van der Waals surface area (Å²) >= 11 is 0. The molecule has 1 N–H and O–H groups in total. The van der Waals surface area contributed by atoms with Gasteiger partial charge < -0.3 is 14.7 Å². The predicted octanol–water partition coefficient (Wildman–Crippen LogP) is 2.41. The first-order valence-corrected chi connectivity index (χ1v) is 6.63. The number of benzene rings is 1. The number of likely N-dealkylation sites (N-methyl/N-ethyl adjacent to an activating group) is 1. The second-order valence-electron chi connectivity index (χ2n) is 4.84. The van der Waals surface area contributed by atoms with Crippen molar-refractivity contribution in [3.8, 4) is 5.75 Å². The summed E-state index contributed by atoms with van der Waals surface area (Å²) in [6, 6.07) is 6.87. The van der Waals surface area contributed by atoms with E-state index in [0.717, 1.165) is 0 Å². The van der Waals surface area contributed by atoms with Gasteiger partial charge in [-0.05, 0) is 39.8 Å². The minimum Gasteiger partial charge on any atom is -0.493 e. The van der Waals surface area contributed by atoms with E-state index >= 15 is 0 Å². The number of para-hydroxylation sites is 1. The number of carboxylic acid groups (broad SMARTS) is 1. The quantitative estimate of drug-likeness (QED) is 0.868. The van der Waals surface area contributed by atoms with Gasteiger partial charge >= 0.3 is 5.97 Å². The largest absolute Gasteiger partial charge is 0.493 e. The Balaban J connectivity index is 3.19. The van der Waals surface area contributed by atoms with Crippen LogP contribution in [0.2, 0.25) is 0 Å². The first-order chi connectivity index (χ1) is 9.36. The van der Waals surface area contributed by atoms with Crippen LogP contribution in [0.1, 0.15) is 38.1 Å². The molecule has 0 aliphatic carbocycles. The number of carboxylic acids is 1. The highest BCUT2D eigenvalue weighted by molar-refractivity contribution is 5.99. The van der Waals surface area contributed by atoms with E-state index < -0.39 is 11.5 Å². The van der Waals surface area contributed by atoms with Crippen LogP contribution in [0.15, 0.2) is 24.3 Å². The van der Waals surface area contributed by atoms with Crippen LogP contribution < -0.4 is 4.74 Å². The number of amides is 1. The Labute approximate surface area is 119 Å². The second-order valence-corrected chi connectivity index (χ2v) is 4.84. The van der Waals surface area contributed by atoms with Crippen molar-refractivity contribution in [3.05, 3.63) is 29.8 Å². The maximum Gasteiger partial charge on any atom is 0.329 e. The number of nitrogens with zero attached hydrogens (tertiary/aromatic N) is 1. The van der Waals surface area contributed by atoms with Crippen LogP contribution in [0.5, 0.6) is 5.75 Å². The van der Waals surface area contributed by atoms with Gasteiger partial charge in [0.15, 0.2) is 0 Å². The molecule has 0 aromatic heterocycles. The molecule has 1 rings (SSSR count). The molecule has 5 nitrogen and oxygen atoms in total. The summed E-state index contributed by atoms with van der Waals surface area (Å²) in [6.07, 6.45) is 0. The fourth-order valence-electron chi connectivity index (χ4n) is 1.98. The SMILES string of the molecule is CCOc1ccccc1C(=O)N(CC)C(C)(C)C(=O)O. The normalized spacial score (nSPS) is 11.0. The summed E-state index contributed by atoms with van der Waals surface area (Å²) in [5, 5.41) is 9.29. The highest BCUT2D eigenvalue weighted by Crippen LogP contribution is 2.24. The third-order valence-electron chi connectivity index (χ3n) is 3.18. The standard InChI is InChI=1S/C15H21NO4/c1-5-16(15(3,4)14(18)19)13(17)11-9-7-8-10-12(11)20-6-2/h7-10H,5-6H2,1-4H3,(H,18,19). The van der Waals surface area contributed by atoms with Crippen LogP contribution in [-0.2, 0) is 4.79 Å². The van der Waals surface area contributed by atoms with Gasteiger partial charge in [0.2, 0.25) is 0 Å². The van der Waals surface area contributed by atoms with Crippen LogP contribution in [-0.4, -0.2) is 40.6 Å². The van der Waals surface area contributed by atoms with Gasteiger partial charge in [-0.3, -0.25) is 4.79 Å². The molecule has 1 aromatic carbocycles. The third kappa shape index (κ3) is 3.10. The Morgan fingerprint density at radius 3 is 2.35 bits per heavy atom. The van der Waals surface area contributed by atoms with Crippen molar-refractivity contribution in [2.24, 2.45) is 0 Å². The van der Waals surface area contributed by atoms with E-state index in [4.69, 9.17) is 4.74 Å². The van der Waals surface area contributed by atoms with E-state index in [2.05, 4.69) is 0 Å². The molecule has 0 atom stereocenters. The van der Waals surface area contributed by atoms with Crippen molar-refractivity contribution < 1.29 is 19.4 Å². The van der Waals surface area contributed by atoms with E-state index in [-0.39, 0.29) is 5.91 Å². The highest BCUT2D eigenvalue weighted by Gasteiger charge is 2.37. The lowest BCUT2D eigenvalue weighted by molar-refractivity contribution is -0.147. The Kier molecular flexibility index (Phi) is 5.13. The number of aliphatic carboxylic acids is 1. The molecular formula is C15H21NO4. The van der Waals surface area contributed by atoms with Gasteiger partial charge in [0, 0.05) is 6.54 Å². The number of ether oxygens (including phenoxy) is 1. The van der Waals surface area contributed by atoms with Crippen LogP contribution >= 0.6 is 0 Å². The Hall–Kier alpha value is -2.04. The van der Waals surface area contributed by atoms with Crippen molar-refractivity contribution >= 4 is 11.9 Å². The van der Waals surface area contributed by atoms with E-state index in [0.29, 0.717) is 24.5 Å². The van der Waals surface area contributed by atoms with Gasteiger partial charge in [0.1, 0.15) is 11.3 Å². The topological polar surface area (TPSA) is 66.8 Å². The van der Waals surface area contributed by atoms with Gasteiger partial charge in [-0.1, -0.05) is 12.1 Å². The molecule has 0 unspecified atom stereocenters. The van der Waals surface area contributed by atoms with Gasteiger partial charge in [0.25, 0.3) is 5.91 Å². The van der Waals surface area contributed by atoms with Gasteiger partial charge in [-0.25, -0.2) is 4.79 Å². The number of rotatable bonds is 6. The Morgan fingerprint density at radius 1 is 1.25 bits per heavy atom. The maximum atomic E-state index is 12.6. The Bertz CT molecular complexity index is 496. The summed E-state index contributed by atoms with van der Waals surface area (Å²) < 4.78 is 5.43. The molecule has 0 radical (unpaired) electrons. The summed E-state index contributed by atoms with van der Waals surface area (Å²) in [6.45, 7) is 7.36. The van der Waals surface area contributed by atoms with E-state index in [1.165, 1.54) is 18.7 Å². The zero-order valence-corrected chi connectivity index (χ0v) is 12.3. The first kappa shape index (κ1) is 16.0. The summed E-state index contributed by atoms with van der Waals surface area (Å²) in [5.41, 5.74) is -0.893. The molecule has 0 bridgehead atoms. The zero-order chi connectivity index (χ0) is 15.3.